The Kier molecular flexibility index (Phi) is 8.13. The van der Waals surface area contributed by atoms with Gasteiger partial charge in [0.1, 0.15) is 0 Å². The summed E-state index contributed by atoms with van der Waals surface area (Å²) in [7, 11) is 0. The highest BCUT2D eigenvalue weighted by molar-refractivity contribution is 5.80. The fourth-order valence-electron chi connectivity index (χ4n) is 4.11. The number of rotatable bonds is 7. The van der Waals surface area contributed by atoms with Crippen LogP contribution in [0.5, 0.6) is 0 Å². The first-order valence-corrected chi connectivity index (χ1v) is 10.8. The molecule has 0 saturated carbocycles. The Morgan fingerprint density at radius 2 is 2.00 bits per heavy atom. The SMILES string of the molecule is CCNC(=NCC(C)N1CCOCC1)NC1CC(C)N(Cc2ccccc2)C1. The van der Waals surface area contributed by atoms with Crippen molar-refractivity contribution in [2.75, 3.05) is 45.9 Å². The van der Waals surface area contributed by atoms with Crippen LogP contribution in [0.2, 0.25) is 0 Å². The maximum absolute atomic E-state index is 5.46. The molecule has 0 radical (unpaired) electrons. The molecule has 0 amide bonds. The van der Waals surface area contributed by atoms with E-state index in [2.05, 4.69) is 71.5 Å². The number of ether oxygens (including phenoxy) is 1. The lowest BCUT2D eigenvalue weighted by atomic mass is 10.2. The first-order chi connectivity index (χ1) is 13.7. The fraction of sp³-hybridized carbons (Fsp3) is 0.682. The van der Waals surface area contributed by atoms with Gasteiger partial charge in [-0.2, -0.15) is 0 Å². The van der Waals surface area contributed by atoms with Gasteiger partial charge in [0.15, 0.2) is 5.96 Å². The Bertz CT molecular complexity index is 602. The van der Waals surface area contributed by atoms with E-state index >= 15 is 0 Å². The largest absolute Gasteiger partial charge is 0.379 e. The molecule has 0 spiro atoms. The minimum absolute atomic E-state index is 0.440. The van der Waals surface area contributed by atoms with Crippen molar-refractivity contribution in [3.05, 3.63) is 35.9 Å². The Labute approximate surface area is 170 Å². The van der Waals surface area contributed by atoms with Crippen molar-refractivity contribution in [2.24, 2.45) is 4.99 Å². The molecule has 3 atom stereocenters. The molecule has 0 aliphatic carbocycles. The van der Waals surface area contributed by atoms with Crippen molar-refractivity contribution in [2.45, 2.75) is 51.9 Å². The summed E-state index contributed by atoms with van der Waals surface area (Å²) in [6.07, 6.45) is 1.15. The second-order valence-corrected chi connectivity index (χ2v) is 8.06. The van der Waals surface area contributed by atoms with E-state index in [0.717, 1.165) is 64.9 Å². The average Bonchev–Trinajstić information content (AvgIpc) is 3.06. The minimum Gasteiger partial charge on any atom is -0.379 e. The predicted molar refractivity (Wildman–Crippen MR) is 116 cm³/mol. The van der Waals surface area contributed by atoms with Gasteiger partial charge < -0.3 is 15.4 Å². The number of aliphatic imine (C=N–C) groups is 1. The molecule has 0 bridgehead atoms. The third-order valence-electron chi connectivity index (χ3n) is 5.80. The van der Waals surface area contributed by atoms with Gasteiger partial charge in [-0.3, -0.25) is 14.8 Å². The fourth-order valence-corrected chi connectivity index (χ4v) is 4.11. The summed E-state index contributed by atoms with van der Waals surface area (Å²) >= 11 is 0. The van der Waals surface area contributed by atoms with Crippen molar-refractivity contribution >= 4 is 5.96 Å². The van der Waals surface area contributed by atoms with E-state index in [1.807, 2.05) is 0 Å². The van der Waals surface area contributed by atoms with Crippen LogP contribution >= 0.6 is 0 Å². The quantitative estimate of drug-likeness (QED) is 0.553. The van der Waals surface area contributed by atoms with Crippen LogP contribution in [-0.4, -0.2) is 79.8 Å². The number of nitrogens with one attached hydrogen (secondary N) is 2. The van der Waals surface area contributed by atoms with Gasteiger partial charge in [0.25, 0.3) is 0 Å². The number of benzene rings is 1. The molecular weight excluding hydrogens is 350 g/mol. The Hall–Kier alpha value is -1.63. The zero-order valence-electron chi connectivity index (χ0n) is 17.7. The van der Waals surface area contributed by atoms with Crippen molar-refractivity contribution in [1.29, 1.82) is 0 Å². The minimum atomic E-state index is 0.440. The summed E-state index contributed by atoms with van der Waals surface area (Å²) in [4.78, 5) is 9.91. The molecular formula is C22H37N5O. The predicted octanol–water partition coefficient (Wildman–Crippen LogP) is 1.93. The Morgan fingerprint density at radius 1 is 1.25 bits per heavy atom. The van der Waals surface area contributed by atoms with Gasteiger partial charge in [0.05, 0.1) is 19.8 Å². The highest BCUT2D eigenvalue weighted by Crippen LogP contribution is 2.20. The molecule has 2 aliphatic rings. The van der Waals surface area contributed by atoms with Crippen LogP contribution in [0.4, 0.5) is 0 Å². The van der Waals surface area contributed by atoms with Crippen molar-refractivity contribution in [3.63, 3.8) is 0 Å². The maximum atomic E-state index is 5.46. The third-order valence-corrected chi connectivity index (χ3v) is 5.80. The van der Waals surface area contributed by atoms with Crippen LogP contribution in [0.25, 0.3) is 0 Å². The van der Waals surface area contributed by atoms with Gasteiger partial charge in [-0.05, 0) is 32.8 Å². The zero-order valence-corrected chi connectivity index (χ0v) is 17.7. The smallest absolute Gasteiger partial charge is 0.191 e. The van der Waals surface area contributed by atoms with E-state index in [4.69, 9.17) is 9.73 Å². The van der Waals surface area contributed by atoms with Gasteiger partial charge in [0, 0.05) is 50.8 Å². The molecule has 156 valence electrons. The molecule has 2 heterocycles. The lowest BCUT2D eigenvalue weighted by Gasteiger charge is -2.31. The third kappa shape index (κ3) is 6.19. The second-order valence-electron chi connectivity index (χ2n) is 8.06. The summed E-state index contributed by atoms with van der Waals surface area (Å²) in [5.74, 6) is 0.946. The van der Waals surface area contributed by atoms with Crippen molar-refractivity contribution in [1.82, 2.24) is 20.4 Å². The van der Waals surface area contributed by atoms with Gasteiger partial charge in [-0.15, -0.1) is 0 Å². The molecule has 2 fully saturated rings. The van der Waals surface area contributed by atoms with Crippen molar-refractivity contribution in [3.8, 4) is 0 Å². The van der Waals surface area contributed by atoms with E-state index in [0.29, 0.717) is 18.1 Å². The topological polar surface area (TPSA) is 52.1 Å². The molecule has 1 aromatic rings. The molecule has 0 aromatic heterocycles. The number of likely N-dealkylation sites (tertiary alicyclic amines) is 1. The van der Waals surface area contributed by atoms with Gasteiger partial charge in [-0.1, -0.05) is 30.3 Å². The average molecular weight is 388 g/mol. The number of hydrogen-bond donors (Lipinski definition) is 2. The monoisotopic (exact) mass is 387 g/mol. The van der Waals surface area contributed by atoms with E-state index in [-0.39, 0.29) is 0 Å². The molecule has 3 unspecified atom stereocenters. The molecule has 2 N–H and O–H groups in total. The number of guanidine groups is 1. The van der Waals surface area contributed by atoms with Crippen LogP contribution in [0.15, 0.2) is 35.3 Å². The lowest BCUT2D eigenvalue weighted by Crippen LogP contribution is -2.46. The standard InChI is InChI=1S/C22H37N5O/c1-4-23-22(24-15-19(3)26-10-12-28-13-11-26)25-21-14-18(2)27(17-21)16-20-8-6-5-7-9-20/h5-9,18-19,21H,4,10-17H2,1-3H3,(H2,23,24,25). The number of hydrogen-bond acceptors (Lipinski definition) is 4. The van der Waals surface area contributed by atoms with Gasteiger partial charge in [-0.25, -0.2) is 0 Å². The number of nitrogens with zero attached hydrogens (tertiary/aromatic N) is 3. The first kappa shape index (κ1) is 21.1. The summed E-state index contributed by atoms with van der Waals surface area (Å²) < 4.78 is 5.46. The van der Waals surface area contributed by atoms with Crippen LogP contribution in [0.3, 0.4) is 0 Å². The molecule has 1 aromatic carbocycles. The zero-order chi connectivity index (χ0) is 19.8. The molecule has 2 aliphatic heterocycles. The number of morpholine rings is 1. The van der Waals surface area contributed by atoms with Crippen LogP contribution in [-0.2, 0) is 11.3 Å². The molecule has 2 saturated heterocycles. The Balaban J connectivity index is 1.51. The van der Waals surface area contributed by atoms with E-state index in [1.165, 1.54) is 5.56 Å². The summed E-state index contributed by atoms with van der Waals surface area (Å²) in [6, 6.07) is 12.2. The Morgan fingerprint density at radius 3 is 2.71 bits per heavy atom. The molecule has 6 heteroatoms. The normalized spacial score (nSPS) is 25.6. The summed E-state index contributed by atoms with van der Waals surface area (Å²) in [5, 5.41) is 7.10. The maximum Gasteiger partial charge on any atom is 0.191 e. The van der Waals surface area contributed by atoms with Crippen molar-refractivity contribution < 1.29 is 4.74 Å². The van der Waals surface area contributed by atoms with E-state index in [9.17, 15) is 0 Å². The van der Waals surface area contributed by atoms with E-state index in [1.54, 1.807) is 0 Å². The van der Waals surface area contributed by atoms with Gasteiger partial charge in [0.2, 0.25) is 0 Å². The van der Waals surface area contributed by atoms with Crippen LogP contribution in [0, 0.1) is 0 Å². The first-order valence-electron chi connectivity index (χ1n) is 10.8. The lowest BCUT2D eigenvalue weighted by molar-refractivity contribution is 0.0220. The second kappa shape index (κ2) is 10.8. The molecule has 3 rings (SSSR count). The highest BCUT2D eigenvalue weighted by Gasteiger charge is 2.29. The molecule has 6 nitrogen and oxygen atoms in total. The van der Waals surface area contributed by atoms with Crippen LogP contribution in [0.1, 0.15) is 32.8 Å². The molecule has 28 heavy (non-hydrogen) atoms. The highest BCUT2D eigenvalue weighted by atomic mass is 16.5. The van der Waals surface area contributed by atoms with Crippen LogP contribution < -0.4 is 10.6 Å². The van der Waals surface area contributed by atoms with E-state index < -0.39 is 0 Å². The summed E-state index contributed by atoms with van der Waals surface area (Å²) in [5.41, 5.74) is 1.38. The van der Waals surface area contributed by atoms with Gasteiger partial charge >= 0.3 is 0 Å². The summed E-state index contributed by atoms with van der Waals surface area (Å²) in [6.45, 7) is 14.2.